The Hall–Kier alpha value is -2.14. The number of amides is 2. The summed E-state index contributed by atoms with van der Waals surface area (Å²) in [6.07, 6.45) is 3.93. The molecule has 1 aromatic rings. The number of benzene rings is 1. The molecule has 0 saturated carbocycles. The molecule has 1 aliphatic rings. The smallest absolute Gasteiger partial charge is 0.251 e. The number of unbranched alkanes of at least 4 members (excludes halogenated alkanes) is 1. The quantitative estimate of drug-likeness (QED) is 0.455. The molecule has 0 radical (unpaired) electrons. The fourth-order valence-corrected chi connectivity index (χ4v) is 2.31. The number of ether oxygens (including phenoxy) is 1. The molecule has 0 aromatic heterocycles. The average Bonchev–Trinajstić information content (AvgIpc) is 2.80. The van der Waals surface area contributed by atoms with Crippen molar-refractivity contribution in [2.75, 3.05) is 18.1 Å². The zero-order valence-electron chi connectivity index (χ0n) is 12.9. The number of imide groups is 1. The van der Waals surface area contributed by atoms with E-state index in [9.17, 15) is 9.59 Å². The lowest BCUT2D eigenvalue weighted by atomic mass is 10.2. The highest BCUT2D eigenvalue weighted by Crippen LogP contribution is 2.25. The molecular weight excluding hydrogens is 280 g/mol. The Bertz CT molecular complexity index is 539. The standard InChI is InChI=1S/C17H22N2O3/c1-3-5-11-22-14-8-6-13(7-9-14)19-16(20)12-15(17(19)21)18-10-4-2/h4,6-9,15,18H,2-3,5,10-12H2,1H3/t15-/m1/s1. The van der Waals surface area contributed by atoms with Gasteiger partial charge in [-0.2, -0.15) is 0 Å². The third-order valence-corrected chi connectivity index (χ3v) is 3.52. The van der Waals surface area contributed by atoms with Crippen LogP contribution in [0.4, 0.5) is 5.69 Å². The maximum atomic E-state index is 12.3. The van der Waals surface area contributed by atoms with Gasteiger partial charge in [0.15, 0.2) is 0 Å². The highest BCUT2D eigenvalue weighted by atomic mass is 16.5. The van der Waals surface area contributed by atoms with Crippen molar-refractivity contribution in [1.82, 2.24) is 5.32 Å². The molecule has 0 spiro atoms. The van der Waals surface area contributed by atoms with Gasteiger partial charge in [0.2, 0.25) is 5.91 Å². The highest BCUT2D eigenvalue weighted by Gasteiger charge is 2.38. The van der Waals surface area contributed by atoms with Crippen LogP contribution in [-0.4, -0.2) is 31.0 Å². The molecule has 0 bridgehead atoms. The third kappa shape index (κ3) is 3.74. The SMILES string of the molecule is C=CCN[C@@H]1CC(=O)N(c2ccc(OCCCC)cc2)C1=O. The van der Waals surface area contributed by atoms with E-state index in [1.807, 2.05) is 0 Å². The summed E-state index contributed by atoms with van der Waals surface area (Å²) in [6.45, 7) is 6.88. The zero-order valence-corrected chi connectivity index (χ0v) is 12.9. The molecular formula is C17H22N2O3. The first-order chi connectivity index (χ1) is 10.7. The Morgan fingerprint density at radius 1 is 1.36 bits per heavy atom. The fourth-order valence-electron chi connectivity index (χ4n) is 2.31. The van der Waals surface area contributed by atoms with E-state index in [0.29, 0.717) is 18.8 Å². The molecule has 1 aliphatic heterocycles. The minimum Gasteiger partial charge on any atom is -0.494 e. The van der Waals surface area contributed by atoms with Gasteiger partial charge in [-0.1, -0.05) is 19.4 Å². The molecule has 2 rings (SSSR count). The Morgan fingerprint density at radius 3 is 2.73 bits per heavy atom. The van der Waals surface area contributed by atoms with Crippen molar-refractivity contribution in [1.29, 1.82) is 0 Å². The van der Waals surface area contributed by atoms with Gasteiger partial charge in [0.1, 0.15) is 5.75 Å². The average molecular weight is 302 g/mol. The van der Waals surface area contributed by atoms with Gasteiger partial charge >= 0.3 is 0 Å². The van der Waals surface area contributed by atoms with Crippen molar-refractivity contribution in [3.63, 3.8) is 0 Å². The molecule has 0 aliphatic carbocycles. The summed E-state index contributed by atoms with van der Waals surface area (Å²) in [4.78, 5) is 25.6. The first-order valence-electron chi connectivity index (χ1n) is 7.61. The first-order valence-corrected chi connectivity index (χ1v) is 7.61. The van der Waals surface area contributed by atoms with E-state index in [2.05, 4.69) is 18.8 Å². The largest absolute Gasteiger partial charge is 0.494 e. The molecule has 1 saturated heterocycles. The topological polar surface area (TPSA) is 58.6 Å². The highest BCUT2D eigenvalue weighted by molar-refractivity contribution is 6.22. The predicted molar refractivity (Wildman–Crippen MR) is 85.9 cm³/mol. The van der Waals surface area contributed by atoms with Gasteiger partial charge in [0.25, 0.3) is 5.91 Å². The van der Waals surface area contributed by atoms with Gasteiger partial charge < -0.3 is 10.1 Å². The number of anilines is 1. The van der Waals surface area contributed by atoms with Crippen LogP contribution in [0.5, 0.6) is 5.75 Å². The van der Waals surface area contributed by atoms with E-state index < -0.39 is 6.04 Å². The second kappa shape index (κ2) is 7.75. The van der Waals surface area contributed by atoms with E-state index in [4.69, 9.17) is 4.74 Å². The number of nitrogens with one attached hydrogen (secondary N) is 1. The van der Waals surface area contributed by atoms with Gasteiger partial charge in [0, 0.05) is 6.54 Å². The number of nitrogens with zero attached hydrogens (tertiary/aromatic N) is 1. The summed E-state index contributed by atoms with van der Waals surface area (Å²) in [6, 6.07) is 6.59. The van der Waals surface area contributed by atoms with Crippen molar-refractivity contribution in [3.05, 3.63) is 36.9 Å². The van der Waals surface area contributed by atoms with E-state index >= 15 is 0 Å². The maximum absolute atomic E-state index is 12.3. The molecule has 22 heavy (non-hydrogen) atoms. The Kier molecular flexibility index (Phi) is 5.72. The molecule has 5 heteroatoms. The Balaban J connectivity index is 2.03. The van der Waals surface area contributed by atoms with Crippen LogP contribution in [0, 0.1) is 0 Å². The number of hydrogen-bond donors (Lipinski definition) is 1. The minimum atomic E-state index is -0.467. The van der Waals surface area contributed by atoms with Gasteiger partial charge in [0.05, 0.1) is 24.8 Å². The van der Waals surface area contributed by atoms with E-state index in [-0.39, 0.29) is 18.2 Å². The van der Waals surface area contributed by atoms with Gasteiger partial charge in [-0.25, -0.2) is 4.90 Å². The van der Waals surface area contributed by atoms with Gasteiger partial charge in [-0.15, -0.1) is 6.58 Å². The normalized spacial score (nSPS) is 17.9. The van der Waals surface area contributed by atoms with Crippen LogP contribution in [0.15, 0.2) is 36.9 Å². The molecule has 1 fully saturated rings. The van der Waals surface area contributed by atoms with Gasteiger partial charge in [-0.05, 0) is 30.7 Å². The van der Waals surface area contributed by atoms with E-state index in [1.165, 1.54) is 4.90 Å². The number of carbonyl (C=O) groups is 2. The van der Waals surface area contributed by atoms with Crippen LogP contribution >= 0.6 is 0 Å². The third-order valence-electron chi connectivity index (χ3n) is 3.52. The molecule has 1 N–H and O–H groups in total. The first kappa shape index (κ1) is 16.2. The van der Waals surface area contributed by atoms with Gasteiger partial charge in [-0.3, -0.25) is 9.59 Å². The molecule has 1 atom stereocenters. The molecule has 1 aromatic carbocycles. The lowest BCUT2D eigenvalue weighted by molar-refractivity contribution is -0.121. The molecule has 2 amide bonds. The number of rotatable bonds is 8. The van der Waals surface area contributed by atoms with Crippen molar-refractivity contribution in [2.24, 2.45) is 0 Å². The summed E-state index contributed by atoms with van der Waals surface area (Å²) in [5.41, 5.74) is 0.584. The van der Waals surface area contributed by atoms with Crippen LogP contribution in [0.25, 0.3) is 0 Å². The lowest BCUT2D eigenvalue weighted by Gasteiger charge is -2.16. The second-order valence-electron chi connectivity index (χ2n) is 5.22. The minimum absolute atomic E-state index is 0.182. The predicted octanol–water partition coefficient (Wildman–Crippen LogP) is 2.27. The van der Waals surface area contributed by atoms with Crippen molar-refractivity contribution in [3.8, 4) is 5.75 Å². The number of hydrogen-bond acceptors (Lipinski definition) is 4. The van der Waals surface area contributed by atoms with Crippen molar-refractivity contribution < 1.29 is 14.3 Å². The van der Waals surface area contributed by atoms with Crippen LogP contribution in [0.2, 0.25) is 0 Å². The summed E-state index contributed by atoms with van der Waals surface area (Å²) in [5.74, 6) is 0.343. The van der Waals surface area contributed by atoms with Crippen LogP contribution in [-0.2, 0) is 9.59 Å². The molecule has 1 heterocycles. The zero-order chi connectivity index (χ0) is 15.9. The maximum Gasteiger partial charge on any atom is 0.251 e. The summed E-state index contributed by atoms with van der Waals surface area (Å²) in [5, 5.41) is 3.00. The summed E-state index contributed by atoms with van der Waals surface area (Å²) in [7, 11) is 0. The van der Waals surface area contributed by atoms with Crippen molar-refractivity contribution in [2.45, 2.75) is 32.2 Å². The Labute approximate surface area is 130 Å². The van der Waals surface area contributed by atoms with E-state index in [1.54, 1.807) is 30.3 Å². The Morgan fingerprint density at radius 2 is 2.09 bits per heavy atom. The molecule has 5 nitrogen and oxygen atoms in total. The lowest BCUT2D eigenvalue weighted by Crippen LogP contribution is -2.38. The van der Waals surface area contributed by atoms with E-state index in [0.717, 1.165) is 18.6 Å². The van der Waals surface area contributed by atoms with Crippen LogP contribution < -0.4 is 15.0 Å². The fraction of sp³-hybridized carbons (Fsp3) is 0.412. The monoisotopic (exact) mass is 302 g/mol. The van der Waals surface area contributed by atoms with Crippen molar-refractivity contribution >= 4 is 17.5 Å². The summed E-state index contributed by atoms with van der Waals surface area (Å²) >= 11 is 0. The molecule has 118 valence electrons. The summed E-state index contributed by atoms with van der Waals surface area (Å²) < 4.78 is 5.58. The van der Waals surface area contributed by atoms with Crippen LogP contribution in [0.3, 0.4) is 0 Å². The molecule has 0 unspecified atom stereocenters. The number of carbonyl (C=O) groups excluding carboxylic acids is 2. The van der Waals surface area contributed by atoms with Crippen LogP contribution in [0.1, 0.15) is 26.2 Å². The second-order valence-corrected chi connectivity index (χ2v) is 5.22.